The molecule has 2 rings (SSSR count). The van der Waals surface area contributed by atoms with Crippen molar-refractivity contribution in [2.45, 2.75) is 52.7 Å². The fourth-order valence-corrected chi connectivity index (χ4v) is 2.56. The molecule has 0 saturated carbocycles. The second-order valence-electron chi connectivity index (χ2n) is 6.39. The summed E-state index contributed by atoms with van der Waals surface area (Å²) < 4.78 is 0. The van der Waals surface area contributed by atoms with E-state index in [2.05, 4.69) is 13.8 Å². The van der Waals surface area contributed by atoms with Gasteiger partial charge in [0.05, 0.1) is 0 Å². The molecule has 0 saturated heterocycles. The molecule has 4 unspecified atom stereocenters. The van der Waals surface area contributed by atoms with Crippen LogP contribution in [0, 0.1) is 38.5 Å². The van der Waals surface area contributed by atoms with Crippen LogP contribution in [0.2, 0.25) is 0 Å². The zero-order valence-corrected chi connectivity index (χ0v) is 18.4. The third kappa shape index (κ3) is 9.75. The van der Waals surface area contributed by atoms with Crippen LogP contribution < -0.4 is 10.2 Å². The van der Waals surface area contributed by atoms with Gasteiger partial charge >= 0.3 is 21.7 Å². The molecule has 0 N–H and O–H groups in total. The third-order valence-corrected chi connectivity index (χ3v) is 4.72. The zero-order valence-electron chi connectivity index (χ0n) is 16.8. The molecule has 0 aliphatic heterocycles. The summed E-state index contributed by atoms with van der Waals surface area (Å²) in [6.07, 6.45) is 16.8. The molecule has 2 nitrogen and oxygen atoms in total. The quantitative estimate of drug-likeness (QED) is 0.518. The Hall–Kier alpha value is -0.406. The van der Waals surface area contributed by atoms with Crippen LogP contribution in [0.15, 0.2) is 48.6 Å². The Morgan fingerprint density at radius 1 is 0.680 bits per heavy atom. The average Bonchev–Trinajstić information content (AvgIpc) is 3.25. The van der Waals surface area contributed by atoms with Gasteiger partial charge in [-0.3, -0.25) is 0 Å². The maximum atomic E-state index is 11.6. The first-order valence-electron chi connectivity index (χ1n) is 8.52. The predicted octanol–water partition coefficient (Wildman–Crippen LogP) is 3.91. The standard InChI is InChI=1S/2C10H15O.2CH3.Ti/c2*1-3-8(2)10(11)9-6-4-5-7-9;;;/h2*4-10H,3H2,1-2H3;2*1H3;/q4*-1;+4. The van der Waals surface area contributed by atoms with Gasteiger partial charge in [0.1, 0.15) is 0 Å². The van der Waals surface area contributed by atoms with Gasteiger partial charge in [-0.05, 0) is 11.8 Å². The molecule has 0 spiro atoms. The topological polar surface area (TPSA) is 46.1 Å². The Balaban J connectivity index is -0.000000346. The van der Waals surface area contributed by atoms with E-state index >= 15 is 0 Å². The minimum Gasteiger partial charge on any atom is -0.851 e. The van der Waals surface area contributed by atoms with E-state index in [1.807, 2.05) is 62.5 Å². The molecule has 0 radical (unpaired) electrons. The molecular weight excluding hydrogens is 344 g/mol. The third-order valence-electron chi connectivity index (χ3n) is 4.72. The van der Waals surface area contributed by atoms with Crippen LogP contribution >= 0.6 is 0 Å². The van der Waals surface area contributed by atoms with E-state index in [-0.39, 0.29) is 60.2 Å². The molecule has 0 aromatic heterocycles. The van der Waals surface area contributed by atoms with E-state index in [4.69, 9.17) is 0 Å². The molecule has 0 bridgehead atoms. The summed E-state index contributed by atoms with van der Waals surface area (Å²) >= 11 is 0. The molecule has 2 aliphatic rings. The molecular formula is C22H36O2Ti. The predicted molar refractivity (Wildman–Crippen MR) is 103 cm³/mol. The number of allylic oxidation sites excluding steroid dienone is 4. The van der Waals surface area contributed by atoms with E-state index in [0.29, 0.717) is 0 Å². The van der Waals surface area contributed by atoms with Crippen molar-refractivity contribution in [1.82, 2.24) is 0 Å². The summed E-state index contributed by atoms with van der Waals surface area (Å²) in [4.78, 5) is 0. The molecule has 0 aromatic carbocycles. The van der Waals surface area contributed by atoms with Gasteiger partial charge in [0.25, 0.3) is 0 Å². The van der Waals surface area contributed by atoms with Gasteiger partial charge in [0.2, 0.25) is 0 Å². The molecule has 3 heteroatoms. The summed E-state index contributed by atoms with van der Waals surface area (Å²) in [5.41, 5.74) is 0. The van der Waals surface area contributed by atoms with Gasteiger partial charge in [-0.1, -0.05) is 101 Å². The van der Waals surface area contributed by atoms with Crippen molar-refractivity contribution in [3.63, 3.8) is 0 Å². The average molecular weight is 380 g/mol. The van der Waals surface area contributed by atoms with Gasteiger partial charge < -0.3 is 25.1 Å². The van der Waals surface area contributed by atoms with Crippen molar-refractivity contribution in [3.05, 3.63) is 63.5 Å². The van der Waals surface area contributed by atoms with Crippen molar-refractivity contribution in [3.8, 4) is 0 Å². The maximum Gasteiger partial charge on any atom is 4.00 e. The van der Waals surface area contributed by atoms with E-state index in [9.17, 15) is 10.2 Å². The molecule has 0 aromatic rings. The van der Waals surface area contributed by atoms with E-state index in [1.54, 1.807) is 0 Å². The largest absolute Gasteiger partial charge is 4.00 e. The number of rotatable bonds is 6. The van der Waals surface area contributed by atoms with Crippen LogP contribution in [0.1, 0.15) is 40.5 Å². The minimum absolute atomic E-state index is 0. The normalized spacial score (nSPS) is 19.8. The summed E-state index contributed by atoms with van der Waals surface area (Å²) in [6.45, 7) is 8.19. The number of hydrogen-bond acceptors (Lipinski definition) is 2. The molecule has 0 amide bonds. The fraction of sp³-hybridized carbons (Fsp3) is 0.545. The number of hydrogen-bond donors (Lipinski definition) is 0. The van der Waals surface area contributed by atoms with Gasteiger partial charge in [-0.25, -0.2) is 0 Å². The van der Waals surface area contributed by atoms with Crippen molar-refractivity contribution in [2.24, 2.45) is 23.7 Å². The van der Waals surface area contributed by atoms with Crippen molar-refractivity contribution in [2.75, 3.05) is 0 Å². The second-order valence-corrected chi connectivity index (χ2v) is 6.39. The van der Waals surface area contributed by atoms with Gasteiger partial charge in [0.15, 0.2) is 0 Å². The Morgan fingerprint density at radius 3 is 1.12 bits per heavy atom. The van der Waals surface area contributed by atoms with Crippen LogP contribution in [-0.2, 0) is 21.7 Å². The SMILES string of the molecule is CCC(C)C([O-])C1C=CC=C1.CCC(C)C([O-])C1C=CC=C1.[CH3-].[CH3-].[Ti+4]. The van der Waals surface area contributed by atoms with E-state index in [0.717, 1.165) is 12.8 Å². The van der Waals surface area contributed by atoms with Crippen LogP contribution in [-0.4, -0.2) is 12.2 Å². The van der Waals surface area contributed by atoms with Gasteiger partial charge in [-0.15, -0.1) is 12.2 Å². The molecule has 4 atom stereocenters. The van der Waals surface area contributed by atoms with Gasteiger partial charge in [-0.2, -0.15) is 0 Å². The molecule has 2 aliphatic carbocycles. The molecule has 0 heterocycles. The Kier molecular flexibility index (Phi) is 18.6. The van der Waals surface area contributed by atoms with Crippen LogP contribution in [0.3, 0.4) is 0 Å². The summed E-state index contributed by atoms with van der Waals surface area (Å²) in [5.74, 6) is 0.856. The summed E-state index contributed by atoms with van der Waals surface area (Å²) in [7, 11) is 0. The minimum atomic E-state index is -0.449. The Morgan fingerprint density at radius 2 is 0.920 bits per heavy atom. The van der Waals surface area contributed by atoms with Crippen LogP contribution in [0.5, 0.6) is 0 Å². The van der Waals surface area contributed by atoms with Crippen LogP contribution in [0.4, 0.5) is 0 Å². The Labute approximate surface area is 171 Å². The second kappa shape index (κ2) is 15.8. The molecule has 140 valence electrons. The summed E-state index contributed by atoms with van der Waals surface area (Å²) in [5, 5.41) is 23.1. The first-order valence-corrected chi connectivity index (χ1v) is 8.52. The monoisotopic (exact) mass is 380 g/mol. The van der Waals surface area contributed by atoms with E-state index in [1.165, 1.54) is 0 Å². The first-order chi connectivity index (χ1) is 10.5. The summed E-state index contributed by atoms with van der Waals surface area (Å²) in [6, 6.07) is 0. The van der Waals surface area contributed by atoms with Crippen molar-refractivity contribution < 1.29 is 31.9 Å². The first kappa shape index (κ1) is 29.4. The Bertz CT molecular complexity index is 362. The van der Waals surface area contributed by atoms with Crippen molar-refractivity contribution in [1.29, 1.82) is 0 Å². The fourth-order valence-electron chi connectivity index (χ4n) is 2.56. The smallest absolute Gasteiger partial charge is 0.851 e. The van der Waals surface area contributed by atoms with Crippen molar-refractivity contribution >= 4 is 0 Å². The maximum absolute atomic E-state index is 11.6. The van der Waals surface area contributed by atoms with Gasteiger partial charge in [0, 0.05) is 0 Å². The zero-order chi connectivity index (χ0) is 16.5. The molecule has 25 heavy (non-hydrogen) atoms. The van der Waals surface area contributed by atoms with Crippen LogP contribution in [0.25, 0.3) is 0 Å². The van der Waals surface area contributed by atoms with E-state index < -0.39 is 12.2 Å². The molecule has 0 fully saturated rings.